The van der Waals surface area contributed by atoms with Crippen LogP contribution in [-0.2, 0) is 0 Å². The Morgan fingerprint density at radius 3 is 2.05 bits per heavy atom. The first-order valence-electron chi connectivity index (χ1n) is 6.59. The van der Waals surface area contributed by atoms with Crippen LogP contribution in [0.25, 0.3) is 0 Å². The molecule has 0 fully saturated rings. The molecule has 0 spiro atoms. The first kappa shape index (κ1) is 13.7. The van der Waals surface area contributed by atoms with Crippen LogP contribution in [0, 0.1) is 0 Å². The monoisotopic (exact) mass is 290 g/mol. The fourth-order valence-corrected chi connectivity index (χ4v) is 2.44. The smallest absolute Gasteiger partial charge is 0.257 e. The van der Waals surface area contributed by atoms with Crippen molar-refractivity contribution in [2.75, 3.05) is 5.01 Å². The minimum Gasteiger partial charge on any atom is -0.257 e. The van der Waals surface area contributed by atoms with Crippen LogP contribution in [0.1, 0.15) is 18.0 Å². The van der Waals surface area contributed by atoms with Crippen molar-refractivity contribution in [2.24, 2.45) is 5.10 Å². The van der Waals surface area contributed by atoms with E-state index < -0.39 is 17.9 Å². The van der Waals surface area contributed by atoms with Crippen LogP contribution >= 0.6 is 0 Å². The van der Waals surface area contributed by atoms with Crippen LogP contribution < -0.4 is 5.01 Å². The summed E-state index contributed by atoms with van der Waals surface area (Å²) in [6, 6.07) is 17.7. The molecular formula is C16H13F3N2. The first-order valence-corrected chi connectivity index (χ1v) is 6.59. The zero-order valence-electron chi connectivity index (χ0n) is 11.1. The zero-order valence-corrected chi connectivity index (χ0v) is 11.1. The summed E-state index contributed by atoms with van der Waals surface area (Å²) in [4.78, 5) is 0. The lowest BCUT2D eigenvalue weighted by molar-refractivity contribution is -0.0600. The third kappa shape index (κ3) is 2.77. The lowest BCUT2D eigenvalue weighted by Crippen LogP contribution is -2.21. The Kier molecular flexibility index (Phi) is 3.41. The lowest BCUT2D eigenvalue weighted by atomic mass is 10.0. The largest absolute Gasteiger partial charge is 0.431 e. The molecule has 0 saturated carbocycles. The van der Waals surface area contributed by atoms with Crippen molar-refractivity contribution in [3.63, 3.8) is 0 Å². The van der Waals surface area contributed by atoms with Crippen molar-refractivity contribution in [1.29, 1.82) is 0 Å². The molecule has 21 heavy (non-hydrogen) atoms. The summed E-state index contributed by atoms with van der Waals surface area (Å²) in [5, 5.41) is 5.27. The molecule has 0 saturated heterocycles. The second-order valence-electron chi connectivity index (χ2n) is 4.86. The third-order valence-electron chi connectivity index (χ3n) is 3.44. The average molecular weight is 290 g/mol. The molecule has 0 aromatic heterocycles. The van der Waals surface area contributed by atoms with E-state index in [0.29, 0.717) is 5.69 Å². The van der Waals surface area contributed by atoms with Gasteiger partial charge >= 0.3 is 6.18 Å². The number of nitrogens with zero attached hydrogens (tertiary/aromatic N) is 2. The molecule has 2 aromatic carbocycles. The van der Waals surface area contributed by atoms with E-state index in [9.17, 15) is 13.2 Å². The summed E-state index contributed by atoms with van der Waals surface area (Å²) in [7, 11) is 0. The van der Waals surface area contributed by atoms with Crippen LogP contribution in [0.5, 0.6) is 0 Å². The molecule has 2 nitrogen and oxygen atoms in total. The van der Waals surface area contributed by atoms with Gasteiger partial charge in [-0.2, -0.15) is 18.3 Å². The summed E-state index contributed by atoms with van der Waals surface area (Å²) < 4.78 is 38.9. The number of halogens is 3. The van der Waals surface area contributed by atoms with Gasteiger partial charge in [0.05, 0.1) is 11.7 Å². The van der Waals surface area contributed by atoms with E-state index in [4.69, 9.17) is 0 Å². The lowest BCUT2D eigenvalue weighted by Gasteiger charge is -2.23. The fourth-order valence-electron chi connectivity index (χ4n) is 2.44. The molecule has 1 heterocycles. The van der Waals surface area contributed by atoms with Gasteiger partial charge in [0.15, 0.2) is 0 Å². The quantitative estimate of drug-likeness (QED) is 0.792. The van der Waals surface area contributed by atoms with Crippen molar-refractivity contribution in [3.8, 4) is 0 Å². The third-order valence-corrected chi connectivity index (χ3v) is 3.44. The number of anilines is 1. The van der Waals surface area contributed by atoms with Crippen molar-refractivity contribution in [3.05, 3.63) is 66.2 Å². The van der Waals surface area contributed by atoms with Gasteiger partial charge in [0, 0.05) is 6.42 Å². The van der Waals surface area contributed by atoms with E-state index in [2.05, 4.69) is 5.10 Å². The van der Waals surface area contributed by atoms with Crippen LogP contribution in [0.3, 0.4) is 0 Å². The van der Waals surface area contributed by atoms with Gasteiger partial charge < -0.3 is 0 Å². The molecule has 0 aliphatic carbocycles. The van der Waals surface area contributed by atoms with Gasteiger partial charge in [0.25, 0.3) is 0 Å². The number of alkyl halides is 3. The van der Waals surface area contributed by atoms with Gasteiger partial charge in [0.1, 0.15) is 5.71 Å². The van der Waals surface area contributed by atoms with E-state index >= 15 is 0 Å². The molecule has 0 radical (unpaired) electrons. The summed E-state index contributed by atoms with van der Waals surface area (Å²) in [5.41, 5.74) is 0.746. The van der Waals surface area contributed by atoms with E-state index in [-0.39, 0.29) is 6.42 Å². The van der Waals surface area contributed by atoms with E-state index in [1.807, 2.05) is 36.4 Å². The van der Waals surface area contributed by atoms with Crippen molar-refractivity contribution < 1.29 is 13.2 Å². The highest BCUT2D eigenvalue weighted by atomic mass is 19.4. The van der Waals surface area contributed by atoms with E-state index in [1.165, 1.54) is 5.01 Å². The van der Waals surface area contributed by atoms with Crippen LogP contribution in [0.2, 0.25) is 0 Å². The van der Waals surface area contributed by atoms with E-state index in [0.717, 1.165) is 5.56 Å². The minimum absolute atomic E-state index is 0.137. The number of hydrogen-bond acceptors (Lipinski definition) is 2. The predicted molar refractivity (Wildman–Crippen MR) is 76.2 cm³/mol. The van der Waals surface area contributed by atoms with Gasteiger partial charge in [-0.3, -0.25) is 5.01 Å². The molecule has 3 rings (SSSR count). The van der Waals surface area contributed by atoms with Gasteiger partial charge in [-0.1, -0.05) is 48.5 Å². The number of benzene rings is 2. The van der Waals surface area contributed by atoms with Crippen molar-refractivity contribution >= 4 is 11.4 Å². The van der Waals surface area contributed by atoms with E-state index in [1.54, 1.807) is 24.3 Å². The number of rotatable bonds is 2. The average Bonchev–Trinajstić information content (AvgIpc) is 2.94. The predicted octanol–water partition coefficient (Wildman–Crippen LogP) is 4.56. The van der Waals surface area contributed by atoms with Crippen LogP contribution in [0.4, 0.5) is 18.9 Å². The molecule has 0 bridgehead atoms. The summed E-state index contributed by atoms with van der Waals surface area (Å²) >= 11 is 0. The molecule has 108 valence electrons. The normalized spacial score (nSPS) is 18.7. The molecule has 0 amide bonds. The number of hydrazone groups is 1. The van der Waals surface area contributed by atoms with Gasteiger partial charge in [-0.05, 0) is 17.7 Å². The number of para-hydroxylation sites is 1. The van der Waals surface area contributed by atoms with Gasteiger partial charge in [-0.15, -0.1) is 0 Å². The molecule has 0 N–H and O–H groups in total. The van der Waals surface area contributed by atoms with Crippen molar-refractivity contribution in [1.82, 2.24) is 0 Å². The SMILES string of the molecule is FC(F)(F)C1=NN(c2ccccc2)C(c2ccccc2)C1. The number of hydrogen-bond donors (Lipinski definition) is 0. The highest BCUT2D eigenvalue weighted by molar-refractivity contribution is 5.93. The maximum absolute atomic E-state index is 13.0. The van der Waals surface area contributed by atoms with Crippen LogP contribution in [-0.4, -0.2) is 11.9 Å². The molecule has 2 aromatic rings. The Labute approximate surface area is 120 Å². The minimum atomic E-state index is -4.39. The Hall–Kier alpha value is -2.30. The highest BCUT2D eigenvalue weighted by Crippen LogP contribution is 2.38. The second kappa shape index (κ2) is 5.24. The topological polar surface area (TPSA) is 15.6 Å². The van der Waals surface area contributed by atoms with Crippen LogP contribution in [0.15, 0.2) is 65.8 Å². The molecule has 1 unspecified atom stereocenters. The van der Waals surface area contributed by atoms with Gasteiger partial charge in [0.2, 0.25) is 0 Å². The summed E-state index contributed by atoms with van der Waals surface area (Å²) in [6.45, 7) is 0. The fraction of sp³-hybridized carbons (Fsp3) is 0.188. The second-order valence-corrected chi connectivity index (χ2v) is 4.86. The molecule has 1 aliphatic heterocycles. The Morgan fingerprint density at radius 2 is 1.48 bits per heavy atom. The summed E-state index contributed by atoms with van der Waals surface area (Å²) in [5.74, 6) is 0. The highest BCUT2D eigenvalue weighted by Gasteiger charge is 2.43. The Balaban J connectivity index is 2.00. The molecule has 1 atom stereocenters. The standard InChI is InChI=1S/C16H13F3N2/c17-16(18,19)15-11-14(12-7-3-1-4-8-12)21(20-15)13-9-5-2-6-10-13/h1-10,14H,11H2. The Morgan fingerprint density at radius 1 is 0.905 bits per heavy atom. The maximum Gasteiger partial charge on any atom is 0.431 e. The maximum atomic E-state index is 13.0. The zero-order chi connectivity index (χ0) is 14.9. The first-order chi connectivity index (χ1) is 10.1. The molecule has 1 aliphatic rings. The Bertz CT molecular complexity index is 636. The molecule has 5 heteroatoms. The summed E-state index contributed by atoms with van der Waals surface area (Å²) in [6.07, 6.45) is -4.53. The van der Waals surface area contributed by atoms with Crippen molar-refractivity contribution in [2.45, 2.75) is 18.6 Å². The van der Waals surface area contributed by atoms with Gasteiger partial charge in [-0.25, -0.2) is 0 Å². The molecular weight excluding hydrogens is 277 g/mol.